The lowest BCUT2D eigenvalue weighted by Gasteiger charge is -2.24. The van der Waals surface area contributed by atoms with Crippen molar-refractivity contribution in [3.8, 4) is 0 Å². The van der Waals surface area contributed by atoms with Crippen molar-refractivity contribution in [2.75, 3.05) is 4.31 Å². The first-order valence-electron chi connectivity index (χ1n) is 9.41. The Balaban J connectivity index is 1.61. The molecule has 0 saturated carbocycles. The number of fused-ring (bicyclic) bond motifs is 1. The molecule has 152 valence electrons. The molecule has 0 amide bonds. The van der Waals surface area contributed by atoms with Gasteiger partial charge in [0.1, 0.15) is 6.10 Å². The van der Waals surface area contributed by atoms with E-state index in [1.807, 2.05) is 19.1 Å². The Kier molecular flexibility index (Phi) is 4.82. The fraction of sp³-hybridized carbons (Fsp3) is 0.333. The van der Waals surface area contributed by atoms with Crippen molar-refractivity contribution in [3.63, 3.8) is 0 Å². The Labute approximate surface area is 169 Å². The van der Waals surface area contributed by atoms with Crippen molar-refractivity contribution in [3.05, 3.63) is 59.7 Å². The minimum Gasteiger partial charge on any atom is -0.460 e. The maximum absolute atomic E-state index is 13.3. The molecule has 0 aromatic heterocycles. The van der Waals surface area contributed by atoms with Crippen LogP contribution in [0.15, 0.2) is 53.4 Å². The molecule has 2 aliphatic heterocycles. The molecule has 0 aliphatic carbocycles. The predicted molar refractivity (Wildman–Crippen MR) is 105 cm³/mol. The molecule has 0 radical (unpaired) electrons. The summed E-state index contributed by atoms with van der Waals surface area (Å²) < 4.78 is 38.2. The van der Waals surface area contributed by atoms with Gasteiger partial charge in [-0.1, -0.05) is 24.3 Å². The molecule has 1 fully saturated rings. The predicted octanol–water partition coefficient (Wildman–Crippen LogP) is 2.69. The van der Waals surface area contributed by atoms with Crippen LogP contribution in [0.4, 0.5) is 5.69 Å². The van der Waals surface area contributed by atoms with E-state index in [4.69, 9.17) is 9.47 Å². The van der Waals surface area contributed by atoms with E-state index in [0.717, 1.165) is 5.56 Å². The van der Waals surface area contributed by atoms with Crippen LogP contribution in [0, 0.1) is 0 Å². The van der Waals surface area contributed by atoms with Gasteiger partial charge in [0.25, 0.3) is 10.0 Å². The van der Waals surface area contributed by atoms with E-state index in [-0.39, 0.29) is 29.0 Å². The first-order valence-corrected chi connectivity index (χ1v) is 10.9. The lowest BCUT2D eigenvalue weighted by atomic mass is 10.1. The molecule has 0 unspecified atom stereocenters. The second-order valence-electron chi connectivity index (χ2n) is 7.39. The summed E-state index contributed by atoms with van der Waals surface area (Å²) in [6, 6.07) is 12.8. The number of esters is 2. The quantitative estimate of drug-likeness (QED) is 0.714. The number of ether oxygens (including phenoxy) is 2. The van der Waals surface area contributed by atoms with Gasteiger partial charge in [-0.25, -0.2) is 18.0 Å². The van der Waals surface area contributed by atoms with E-state index in [9.17, 15) is 18.0 Å². The normalized spacial score (nSPS) is 23.6. The molecule has 0 spiro atoms. The second kappa shape index (κ2) is 7.18. The third kappa shape index (κ3) is 3.48. The van der Waals surface area contributed by atoms with Crippen LogP contribution in [-0.4, -0.2) is 38.6 Å². The molecule has 2 aromatic rings. The number of carbonyl (C=O) groups is 2. The SMILES string of the molecule is C[C@@H]1C[C@@H](OC(=O)c2cccc(S(=O)(=O)N3c4ccccc4C[C@@H]3C)c2)C(=O)O1. The van der Waals surface area contributed by atoms with Crippen LogP contribution in [0.3, 0.4) is 0 Å². The average molecular weight is 415 g/mol. The first-order chi connectivity index (χ1) is 13.8. The van der Waals surface area contributed by atoms with Crippen LogP contribution in [0.25, 0.3) is 0 Å². The molecular formula is C21H21NO6S. The molecule has 0 N–H and O–H groups in total. The average Bonchev–Trinajstić information content (AvgIpc) is 3.19. The van der Waals surface area contributed by atoms with Crippen LogP contribution in [-0.2, 0) is 30.7 Å². The summed E-state index contributed by atoms with van der Waals surface area (Å²) in [4.78, 5) is 24.2. The molecule has 3 atom stereocenters. The standard InChI is InChI=1S/C21H21NO6S/c1-13-10-15-6-3-4-9-18(15)22(13)29(25,26)17-8-5-7-16(12-17)20(23)28-19-11-14(2)27-21(19)24/h3-9,12-14,19H,10-11H2,1-2H3/t13-,14+,19+/m0/s1. The monoisotopic (exact) mass is 415 g/mol. The van der Waals surface area contributed by atoms with Gasteiger partial charge in [-0.3, -0.25) is 4.31 Å². The van der Waals surface area contributed by atoms with Gasteiger partial charge in [0.15, 0.2) is 0 Å². The fourth-order valence-corrected chi connectivity index (χ4v) is 5.55. The highest BCUT2D eigenvalue weighted by molar-refractivity contribution is 7.92. The van der Waals surface area contributed by atoms with E-state index in [1.165, 1.54) is 28.6 Å². The molecule has 2 aromatic carbocycles. The zero-order chi connectivity index (χ0) is 20.8. The molecule has 2 heterocycles. The van der Waals surface area contributed by atoms with E-state index < -0.39 is 28.1 Å². The molecule has 0 bridgehead atoms. The Morgan fingerprint density at radius 1 is 1.14 bits per heavy atom. The first kappa shape index (κ1) is 19.4. The number of nitrogens with zero attached hydrogens (tertiary/aromatic N) is 1. The number of carbonyl (C=O) groups excluding carboxylic acids is 2. The summed E-state index contributed by atoms with van der Waals surface area (Å²) in [5.41, 5.74) is 1.68. The number of para-hydroxylation sites is 1. The van der Waals surface area contributed by atoms with Gasteiger partial charge in [-0.05, 0) is 50.1 Å². The number of hydrogen-bond acceptors (Lipinski definition) is 6. The van der Waals surface area contributed by atoms with Gasteiger partial charge in [0, 0.05) is 12.5 Å². The van der Waals surface area contributed by atoms with E-state index in [1.54, 1.807) is 19.1 Å². The molecule has 1 saturated heterocycles. The van der Waals surface area contributed by atoms with Crippen molar-refractivity contribution in [2.24, 2.45) is 0 Å². The van der Waals surface area contributed by atoms with Gasteiger partial charge in [0.05, 0.1) is 16.1 Å². The highest BCUT2D eigenvalue weighted by Crippen LogP contribution is 2.36. The number of benzene rings is 2. The molecular weight excluding hydrogens is 394 g/mol. The summed E-state index contributed by atoms with van der Waals surface area (Å²) in [5.74, 6) is -1.34. The molecule has 7 nitrogen and oxygen atoms in total. The van der Waals surface area contributed by atoms with Crippen molar-refractivity contribution in [2.45, 2.75) is 49.8 Å². The number of hydrogen-bond donors (Lipinski definition) is 0. The highest BCUT2D eigenvalue weighted by Gasteiger charge is 2.37. The van der Waals surface area contributed by atoms with Crippen LogP contribution >= 0.6 is 0 Å². The third-order valence-electron chi connectivity index (χ3n) is 5.15. The van der Waals surface area contributed by atoms with Crippen LogP contribution in [0.1, 0.15) is 36.2 Å². The van der Waals surface area contributed by atoms with Crippen LogP contribution in [0.2, 0.25) is 0 Å². The van der Waals surface area contributed by atoms with Gasteiger partial charge in [0.2, 0.25) is 6.10 Å². The van der Waals surface area contributed by atoms with Crippen molar-refractivity contribution in [1.82, 2.24) is 0 Å². The maximum Gasteiger partial charge on any atom is 0.347 e. The molecule has 2 aliphatic rings. The summed E-state index contributed by atoms with van der Waals surface area (Å²) in [5, 5.41) is 0. The largest absolute Gasteiger partial charge is 0.460 e. The van der Waals surface area contributed by atoms with E-state index >= 15 is 0 Å². The Morgan fingerprint density at radius 3 is 2.62 bits per heavy atom. The number of cyclic esters (lactones) is 1. The number of sulfonamides is 1. The van der Waals surface area contributed by atoms with Crippen molar-refractivity contribution in [1.29, 1.82) is 0 Å². The second-order valence-corrected chi connectivity index (χ2v) is 9.20. The summed E-state index contributed by atoms with van der Waals surface area (Å²) in [6.07, 6.45) is -0.379. The zero-order valence-corrected chi connectivity index (χ0v) is 16.9. The smallest absolute Gasteiger partial charge is 0.347 e. The van der Waals surface area contributed by atoms with Gasteiger partial charge < -0.3 is 9.47 Å². The topological polar surface area (TPSA) is 90.0 Å². The number of anilines is 1. The highest BCUT2D eigenvalue weighted by atomic mass is 32.2. The van der Waals surface area contributed by atoms with Gasteiger partial charge in [-0.15, -0.1) is 0 Å². The lowest BCUT2D eigenvalue weighted by Crippen LogP contribution is -2.35. The van der Waals surface area contributed by atoms with Gasteiger partial charge >= 0.3 is 11.9 Å². The zero-order valence-electron chi connectivity index (χ0n) is 16.1. The fourth-order valence-electron chi connectivity index (χ4n) is 3.81. The summed E-state index contributed by atoms with van der Waals surface area (Å²) >= 11 is 0. The van der Waals surface area contributed by atoms with Crippen LogP contribution in [0.5, 0.6) is 0 Å². The van der Waals surface area contributed by atoms with Crippen molar-refractivity contribution >= 4 is 27.6 Å². The summed E-state index contributed by atoms with van der Waals surface area (Å²) in [7, 11) is -3.87. The summed E-state index contributed by atoms with van der Waals surface area (Å²) in [6.45, 7) is 3.57. The van der Waals surface area contributed by atoms with Crippen molar-refractivity contribution < 1.29 is 27.5 Å². The molecule has 29 heavy (non-hydrogen) atoms. The Bertz CT molecular complexity index is 1080. The number of rotatable bonds is 4. The van der Waals surface area contributed by atoms with Crippen LogP contribution < -0.4 is 4.31 Å². The maximum atomic E-state index is 13.3. The Hall–Kier alpha value is -2.87. The van der Waals surface area contributed by atoms with E-state index in [2.05, 4.69) is 0 Å². The lowest BCUT2D eigenvalue weighted by molar-refractivity contribution is -0.147. The molecule has 4 rings (SSSR count). The molecule has 8 heteroatoms. The minimum absolute atomic E-state index is 0.00197. The van der Waals surface area contributed by atoms with E-state index in [0.29, 0.717) is 12.1 Å². The van der Waals surface area contributed by atoms with Gasteiger partial charge in [-0.2, -0.15) is 0 Å². The third-order valence-corrected chi connectivity index (χ3v) is 7.07. The minimum atomic E-state index is -3.87. The Morgan fingerprint density at radius 2 is 1.90 bits per heavy atom.